The van der Waals surface area contributed by atoms with Crippen LogP contribution >= 0.6 is 0 Å². The van der Waals surface area contributed by atoms with Gasteiger partial charge in [-0.15, -0.1) is 0 Å². The van der Waals surface area contributed by atoms with Crippen molar-refractivity contribution >= 4 is 0 Å². The number of hydrogen-bond acceptors (Lipinski definition) is 2. The molecule has 1 aromatic rings. The van der Waals surface area contributed by atoms with Gasteiger partial charge in [-0.05, 0) is 6.92 Å². The second-order valence-electron chi connectivity index (χ2n) is 2.43. The molecule has 1 radical (unpaired) electrons. The molecule has 0 spiro atoms. The van der Waals surface area contributed by atoms with Gasteiger partial charge in [0.2, 0.25) is 0 Å². The lowest BCUT2D eigenvalue weighted by Crippen LogP contribution is -2.23. The summed E-state index contributed by atoms with van der Waals surface area (Å²) in [5.74, 6) is -1.78. The van der Waals surface area contributed by atoms with Gasteiger partial charge in [-0.3, -0.25) is 0 Å². The van der Waals surface area contributed by atoms with Crippen LogP contribution in [0.2, 0.25) is 0 Å². The van der Waals surface area contributed by atoms with Gasteiger partial charge in [0, 0.05) is 12.0 Å². The van der Waals surface area contributed by atoms with Crippen LogP contribution in [0.1, 0.15) is 12.0 Å². The monoisotopic (exact) mass is 151 g/mol. The van der Waals surface area contributed by atoms with Crippen LogP contribution in [0, 0.1) is 6.92 Å². The first-order valence-corrected chi connectivity index (χ1v) is 3.46. The molecule has 1 rings (SSSR count). The molecule has 0 bridgehead atoms. The topological polar surface area (TPSA) is 40.5 Å². The quantitative estimate of drug-likeness (QED) is 0.620. The second-order valence-corrected chi connectivity index (χ2v) is 2.43. The van der Waals surface area contributed by atoms with E-state index >= 15 is 0 Å². The summed E-state index contributed by atoms with van der Waals surface area (Å²) in [6, 6.07) is 8.65. The van der Waals surface area contributed by atoms with Gasteiger partial charge in [0.25, 0.3) is 0 Å². The Hall–Kier alpha value is -0.860. The molecule has 0 aliphatic heterocycles. The SMILES string of the molecule is [CH2]CC(O)(O)c1ccccc1. The highest BCUT2D eigenvalue weighted by molar-refractivity contribution is 5.19. The first kappa shape index (κ1) is 8.24. The van der Waals surface area contributed by atoms with Crippen molar-refractivity contribution in [2.75, 3.05) is 0 Å². The third-order valence-corrected chi connectivity index (χ3v) is 1.58. The molecule has 0 saturated carbocycles. The van der Waals surface area contributed by atoms with E-state index in [9.17, 15) is 10.2 Å². The summed E-state index contributed by atoms with van der Waals surface area (Å²) in [6.07, 6.45) is 0.0526. The first-order valence-electron chi connectivity index (χ1n) is 3.46. The number of aliphatic hydroxyl groups is 2. The Balaban J connectivity index is 2.93. The molecule has 2 N–H and O–H groups in total. The summed E-state index contributed by atoms with van der Waals surface area (Å²) in [6.45, 7) is 3.43. The van der Waals surface area contributed by atoms with Gasteiger partial charge in [0.1, 0.15) is 0 Å². The first-order chi connectivity index (χ1) is 5.17. The molecule has 0 saturated heterocycles. The molecular weight excluding hydrogens is 140 g/mol. The molecule has 1 aromatic carbocycles. The van der Waals surface area contributed by atoms with E-state index in [-0.39, 0.29) is 6.42 Å². The Morgan fingerprint density at radius 1 is 1.18 bits per heavy atom. The van der Waals surface area contributed by atoms with Gasteiger partial charge in [-0.25, -0.2) is 0 Å². The third-order valence-electron chi connectivity index (χ3n) is 1.58. The fourth-order valence-corrected chi connectivity index (χ4v) is 0.849. The van der Waals surface area contributed by atoms with Crippen LogP contribution in [0.15, 0.2) is 30.3 Å². The summed E-state index contributed by atoms with van der Waals surface area (Å²) >= 11 is 0. The zero-order valence-corrected chi connectivity index (χ0v) is 6.20. The fourth-order valence-electron chi connectivity index (χ4n) is 0.849. The zero-order chi connectivity index (χ0) is 8.32. The molecule has 0 aliphatic rings. The Kier molecular flexibility index (Phi) is 2.27. The van der Waals surface area contributed by atoms with E-state index in [2.05, 4.69) is 6.92 Å². The average molecular weight is 151 g/mol. The van der Waals surface area contributed by atoms with Gasteiger partial charge >= 0.3 is 0 Å². The molecule has 0 unspecified atom stereocenters. The van der Waals surface area contributed by atoms with Gasteiger partial charge in [0.05, 0.1) is 0 Å². The minimum atomic E-state index is -1.78. The van der Waals surface area contributed by atoms with Gasteiger partial charge in [-0.1, -0.05) is 30.3 Å². The van der Waals surface area contributed by atoms with E-state index in [1.807, 2.05) is 6.07 Å². The summed E-state index contributed by atoms with van der Waals surface area (Å²) < 4.78 is 0. The molecule has 0 aliphatic carbocycles. The maximum atomic E-state index is 9.29. The Morgan fingerprint density at radius 3 is 2.18 bits per heavy atom. The summed E-state index contributed by atoms with van der Waals surface area (Å²) in [7, 11) is 0. The van der Waals surface area contributed by atoms with Gasteiger partial charge < -0.3 is 10.2 Å². The maximum absolute atomic E-state index is 9.29. The molecule has 59 valence electrons. The van der Waals surface area contributed by atoms with Crippen LogP contribution < -0.4 is 0 Å². The van der Waals surface area contributed by atoms with Crippen molar-refractivity contribution in [2.24, 2.45) is 0 Å². The summed E-state index contributed by atoms with van der Waals surface area (Å²) in [5.41, 5.74) is 0.481. The van der Waals surface area contributed by atoms with Crippen LogP contribution in [0.5, 0.6) is 0 Å². The molecule has 0 aromatic heterocycles. The Labute approximate surface area is 66.1 Å². The van der Waals surface area contributed by atoms with E-state index in [0.29, 0.717) is 5.56 Å². The minimum Gasteiger partial charge on any atom is -0.362 e. The average Bonchev–Trinajstić information content (AvgIpc) is 2.06. The predicted molar refractivity (Wildman–Crippen MR) is 42.5 cm³/mol. The normalized spacial score (nSPS) is 11.5. The highest BCUT2D eigenvalue weighted by Crippen LogP contribution is 2.19. The molecule has 0 amide bonds. The summed E-state index contributed by atoms with van der Waals surface area (Å²) in [5, 5.41) is 18.6. The van der Waals surface area contributed by atoms with E-state index in [0.717, 1.165) is 0 Å². The summed E-state index contributed by atoms with van der Waals surface area (Å²) in [4.78, 5) is 0. The van der Waals surface area contributed by atoms with Gasteiger partial charge in [0.15, 0.2) is 5.79 Å². The van der Waals surface area contributed by atoms with Crippen molar-refractivity contribution < 1.29 is 10.2 Å². The van der Waals surface area contributed by atoms with Crippen molar-refractivity contribution in [1.82, 2.24) is 0 Å². The largest absolute Gasteiger partial charge is 0.362 e. The van der Waals surface area contributed by atoms with Crippen LogP contribution in [0.4, 0.5) is 0 Å². The minimum absolute atomic E-state index is 0.0526. The van der Waals surface area contributed by atoms with E-state index in [1.165, 1.54) is 0 Å². The molecular formula is C9H11O2. The number of rotatable bonds is 2. The highest BCUT2D eigenvalue weighted by atomic mass is 16.5. The number of benzene rings is 1. The fraction of sp³-hybridized carbons (Fsp3) is 0.222. The lowest BCUT2D eigenvalue weighted by molar-refractivity contribution is -0.166. The van der Waals surface area contributed by atoms with Crippen molar-refractivity contribution in [1.29, 1.82) is 0 Å². The lowest BCUT2D eigenvalue weighted by Gasteiger charge is -2.19. The van der Waals surface area contributed by atoms with E-state index < -0.39 is 5.79 Å². The van der Waals surface area contributed by atoms with E-state index in [1.54, 1.807) is 24.3 Å². The maximum Gasteiger partial charge on any atom is 0.189 e. The molecule has 2 nitrogen and oxygen atoms in total. The smallest absolute Gasteiger partial charge is 0.189 e. The standard InChI is InChI=1S/C9H11O2/c1-2-9(10,11)8-6-4-3-5-7-8/h3-7,10-11H,1-2H2. The lowest BCUT2D eigenvalue weighted by atomic mass is 10.0. The molecule has 0 atom stereocenters. The van der Waals surface area contributed by atoms with Crippen LogP contribution in [0.25, 0.3) is 0 Å². The Morgan fingerprint density at radius 2 is 1.73 bits per heavy atom. The molecule has 11 heavy (non-hydrogen) atoms. The molecule has 0 heterocycles. The van der Waals surface area contributed by atoms with E-state index in [4.69, 9.17) is 0 Å². The molecule has 2 heteroatoms. The van der Waals surface area contributed by atoms with Gasteiger partial charge in [-0.2, -0.15) is 0 Å². The second kappa shape index (κ2) is 3.03. The number of hydrogen-bond donors (Lipinski definition) is 2. The van der Waals surface area contributed by atoms with Crippen molar-refractivity contribution in [3.63, 3.8) is 0 Å². The third kappa shape index (κ3) is 1.79. The van der Waals surface area contributed by atoms with Crippen LogP contribution in [0.3, 0.4) is 0 Å². The predicted octanol–water partition coefficient (Wildman–Crippen LogP) is 1.05. The van der Waals surface area contributed by atoms with Crippen LogP contribution in [-0.2, 0) is 5.79 Å². The van der Waals surface area contributed by atoms with Crippen molar-refractivity contribution in [2.45, 2.75) is 12.2 Å². The van der Waals surface area contributed by atoms with Crippen LogP contribution in [-0.4, -0.2) is 10.2 Å². The molecule has 0 fully saturated rings. The Bertz CT molecular complexity index is 216. The highest BCUT2D eigenvalue weighted by Gasteiger charge is 2.21. The van der Waals surface area contributed by atoms with Crippen molar-refractivity contribution in [3.8, 4) is 0 Å². The zero-order valence-electron chi connectivity index (χ0n) is 6.20. The van der Waals surface area contributed by atoms with Crippen molar-refractivity contribution in [3.05, 3.63) is 42.8 Å².